The molecule has 5 heteroatoms. The molecule has 0 saturated heterocycles. The normalized spacial score (nSPS) is 23.5. The van der Waals surface area contributed by atoms with Gasteiger partial charge >= 0.3 is 0 Å². The molecule has 0 spiro atoms. The Kier molecular flexibility index (Phi) is 13.4. The quantitative estimate of drug-likeness (QED) is 0.317. The summed E-state index contributed by atoms with van der Waals surface area (Å²) in [4.78, 5) is 4.75. The van der Waals surface area contributed by atoms with Crippen molar-refractivity contribution in [2.75, 3.05) is 19.7 Å². The van der Waals surface area contributed by atoms with E-state index < -0.39 is 0 Å². The maximum atomic E-state index is 9.14. The molecule has 22 heavy (non-hydrogen) atoms. The van der Waals surface area contributed by atoms with Crippen LogP contribution in [0.15, 0.2) is 4.99 Å². The molecule has 132 valence electrons. The highest BCUT2D eigenvalue weighted by molar-refractivity contribution is 14.0. The highest BCUT2D eigenvalue weighted by atomic mass is 127. The third-order valence-corrected chi connectivity index (χ3v) is 4.36. The minimum Gasteiger partial charge on any atom is -0.396 e. The SMILES string of the molecule is CCCC(CCO)CN=C(NCC)NC1CCCC(C)C1.I. The molecule has 3 N–H and O–H groups in total. The second-order valence-electron chi connectivity index (χ2n) is 6.50. The number of hydrogen-bond acceptors (Lipinski definition) is 2. The van der Waals surface area contributed by atoms with Gasteiger partial charge in [-0.2, -0.15) is 0 Å². The summed E-state index contributed by atoms with van der Waals surface area (Å²) >= 11 is 0. The van der Waals surface area contributed by atoms with Gasteiger partial charge in [0.2, 0.25) is 0 Å². The smallest absolute Gasteiger partial charge is 0.191 e. The van der Waals surface area contributed by atoms with Crippen molar-refractivity contribution in [3.05, 3.63) is 0 Å². The van der Waals surface area contributed by atoms with E-state index in [2.05, 4.69) is 31.4 Å². The van der Waals surface area contributed by atoms with Crippen molar-refractivity contribution in [1.29, 1.82) is 0 Å². The van der Waals surface area contributed by atoms with Crippen molar-refractivity contribution in [2.45, 2.75) is 71.8 Å². The minimum absolute atomic E-state index is 0. The second-order valence-corrected chi connectivity index (χ2v) is 6.50. The number of nitrogens with one attached hydrogen (secondary N) is 2. The van der Waals surface area contributed by atoms with Crippen LogP contribution >= 0.6 is 24.0 Å². The monoisotopic (exact) mass is 425 g/mol. The Bertz CT molecular complexity index is 294. The van der Waals surface area contributed by atoms with Gasteiger partial charge in [0.15, 0.2) is 5.96 Å². The van der Waals surface area contributed by atoms with E-state index >= 15 is 0 Å². The van der Waals surface area contributed by atoms with Crippen LogP contribution in [0.4, 0.5) is 0 Å². The van der Waals surface area contributed by atoms with Gasteiger partial charge in [0.1, 0.15) is 0 Å². The number of rotatable bonds is 8. The first kappa shape index (κ1) is 22.0. The largest absolute Gasteiger partial charge is 0.396 e. The molecule has 0 radical (unpaired) electrons. The van der Waals surface area contributed by atoms with Gasteiger partial charge in [-0.25, -0.2) is 0 Å². The maximum Gasteiger partial charge on any atom is 0.191 e. The number of halogens is 1. The Balaban J connectivity index is 0.00000441. The van der Waals surface area contributed by atoms with Crippen LogP contribution in [0, 0.1) is 11.8 Å². The number of nitrogens with zero attached hydrogens (tertiary/aromatic N) is 1. The topological polar surface area (TPSA) is 56.7 Å². The van der Waals surface area contributed by atoms with Crippen molar-refractivity contribution in [2.24, 2.45) is 16.8 Å². The van der Waals surface area contributed by atoms with E-state index in [1.165, 1.54) is 25.7 Å². The molecule has 3 atom stereocenters. The predicted octanol–water partition coefficient (Wildman–Crippen LogP) is 3.54. The van der Waals surface area contributed by atoms with Crippen molar-refractivity contribution in [3.8, 4) is 0 Å². The molecular weight excluding hydrogens is 389 g/mol. The number of aliphatic imine (C=N–C) groups is 1. The molecular formula is C17H36IN3O. The van der Waals surface area contributed by atoms with Crippen molar-refractivity contribution in [3.63, 3.8) is 0 Å². The molecule has 0 aromatic rings. The summed E-state index contributed by atoms with van der Waals surface area (Å²) in [5, 5.41) is 16.1. The van der Waals surface area contributed by atoms with Crippen molar-refractivity contribution in [1.82, 2.24) is 10.6 Å². The average molecular weight is 425 g/mol. The molecule has 1 rings (SSSR count). The molecule has 0 bridgehead atoms. The van der Waals surface area contributed by atoms with Crippen LogP contribution in [0.5, 0.6) is 0 Å². The Labute approximate surface area is 154 Å². The molecule has 3 unspecified atom stereocenters. The summed E-state index contributed by atoms with van der Waals surface area (Å²) in [5.41, 5.74) is 0. The lowest BCUT2D eigenvalue weighted by molar-refractivity contribution is 0.253. The molecule has 0 aliphatic heterocycles. The van der Waals surface area contributed by atoms with E-state index in [-0.39, 0.29) is 30.6 Å². The number of hydrogen-bond donors (Lipinski definition) is 3. The van der Waals surface area contributed by atoms with Gasteiger partial charge in [0, 0.05) is 25.7 Å². The van der Waals surface area contributed by atoms with Crippen LogP contribution in [0.3, 0.4) is 0 Å². The molecule has 1 aliphatic rings. The minimum atomic E-state index is 0. The lowest BCUT2D eigenvalue weighted by atomic mass is 9.87. The van der Waals surface area contributed by atoms with Crippen LogP contribution < -0.4 is 10.6 Å². The Hall–Kier alpha value is -0.0400. The van der Waals surface area contributed by atoms with Crippen LogP contribution in [-0.2, 0) is 0 Å². The van der Waals surface area contributed by atoms with Gasteiger partial charge in [-0.15, -0.1) is 24.0 Å². The average Bonchev–Trinajstić information content (AvgIpc) is 2.45. The van der Waals surface area contributed by atoms with Gasteiger partial charge in [0.05, 0.1) is 0 Å². The summed E-state index contributed by atoms with van der Waals surface area (Å²) < 4.78 is 0. The molecule has 1 aliphatic carbocycles. The Morgan fingerprint density at radius 3 is 2.64 bits per heavy atom. The molecule has 1 fully saturated rings. The molecule has 4 nitrogen and oxygen atoms in total. The first-order valence-corrected chi connectivity index (χ1v) is 8.85. The second kappa shape index (κ2) is 13.4. The third kappa shape index (κ3) is 9.18. The van der Waals surface area contributed by atoms with Crippen LogP contribution in [0.25, 0.3) is 0 Å². The highest BCUT2D eigenvalue weighted by Crippen LogP contribution is 2.23. The Morgan fingerprint density at radius 2 is 2.05 bits per heavy atom. The number of aliphatic hydroxyl groups is 1. The van der Waals surface area contributed by atoms with Gasteiger partial charge in [-0.1, -0.05) is 33.1 Å². The number of aliphatic hydroxyl groups excluding tert-OH is 1. The van der Waals surface area contributed by atoms with E-state index in [0.29, 0.717) is 12.0 Å². The van der Waals surface area contributed by atoms with Crippen molar-refractivity contribution < 1.29 is 5.11 Å². The van der Waals surface area contributed by atoms with Crippen LogP contribution in [0.1, 0.15) is 65.7 Å². The molecule has 0 aromatic heterocycles. The van der Waals surface area contributed by atoms with E-state index in [9.17, 15) is 0 Å². The zero-order chi connectivity index (χ0) is 15.5. The fourth-order valence-electron chi connectivity index (χ4n) is 3.22. The summed E-state index contributed by atoms with van der Waals surface area (Å²) in [7, 11) is 0. The van der Waals surface area contributed by atoms with Crippen LogP contribution in [-0.4, -0.2) is 36.8 Å². The molecule has 0 heterocycles. The third-order valence-electron chi connectivity index (χ3n) is 4.36. The fourth-order valence-corrected chi connectivity index (χ4v) is 3.22. The Morgan fingerprint density at radius 1 is 1.27 bits per heavy atom. The lowest BCUT2D eigenvalue weighted by Crippen LogP contribution is -2.45. The number of guanidine groups is 1. The van der Waals surface area contributed by atoms with Gasteiger partial charge < -0.3 is 15.7 Å². The van der Waals surface area contributed by atoms with Crippen molar-refractivity contribution >= 4 is 29.9 Å². The first-order chi connectivity index (χ1) is 10.2. The standard InChI is InChI=1S/C17H35N3O.HI/c1-4-7-15(10-11-21)13-19-17(18-5-2)20-16-9-6-8-14(3)12-16;/h14-16,21H,4-13H2,1-3H3,(H2,18,19,20);1H. The molecule has 0 amide bonds. The predicted molar refractivity (Wildman–Crippen MR) is 106 cm³/mol. The summed E-state index contributed by atoms with van der Waals surface area (Å²) in [6, 6.07) is 0.564. The van der Waals surface area contributed by atoms with E-state index in [1.807, 2.05) is 0 Å². The summed E-state index contributed by atoms with van der Waals surface area (Å²) in [6.07, 6.45) is 8.34. The van der Waals surface area contributed by atoms with Gasteiger partial charge in [-0.3, -0.25) is 4.99 Å². The van der Waals surface area contributed by atoms with Gasteiger partial charge in [0.25, 0.3) is 0 Å². The highest BCUT2D eigenvalue weighted by Gasteiger charge is 2.19. The van der Waals surface area contributed by atoms with E-state index in [1.54, 1.807) is 0 Å². The van der Waals surface area contributed by atoms with E-state index in [0.717, 1.165) is 44.2 Å². The summed E-state index contributed by atoms with van der Waals surface area (Å²) in [6.45, 7) is 8.62. The lowest BCUT2D eigenvalue weighted by Gasteiger charge is -2.29. The van der Waals surface area contributed by atoms with Crippen LogP contribution in [0.2, 0.25) is 0 Å². The zero-order valence-corrected chi connectivity index (χ0v) is 16.9. The molecule has 1 saturated carbocycles. The van der Waals surface area contributed by atoms with Gasteiger partial charge in [-0.05, 0) is 44.4 Å². The molecule has 0 aromatic carbocycles. The first-order valence-electron chi connectivity index (χ1n) is 8.85. The zero-order valence-electron chi connectivity index (χ0n) is 14.6. The van der Waals surface area contributed by atoms with E-state index in [4.69, 9.17) is 10.1 Å². The maximum absolute atomic E-state index is 9.14. The summed E-state index contributed by atoms with van der Waals surface area (Å²) in [5.74, 6) is 2.28. The fraction of sp³-hybridized carbons (Fsp3) is 0.941.